The molecule has 0 bridgehead atoms. The Morgan fingerprint density at radius 1 is 1.55 bits per heavy atom. The van der Waals surface area contributed by atoms with Crippen molar-refractivity contribution in [3.05, 3.63) is 27.8 Å². The standard InChI is InChI=1S/C11H12N4O5/c12-11(17)20-2-1-13-8-5-7-6(4-10(16)14-7)3-9(8)15(18)19/h3,5,13H,1-2,4H2,(H2,12,17)(H,14,16). The fraction of sp³-hybridized carbons (Fsp3) is 0.273. The first kappa shape index (κ1) is 13.6. The summed E-state index contributed by atoms with van der Waals surface area (Å²) >= 11 is 0. The monoisotopic (exact) mass is 280 g/mol. The Labute approximate surface area is 113 Å². The van der Waals surface area contributed by atoms with Crippen LogP contribution in [0.5, 0.6) is 0 Å². The number of nitro benzene ring substituents is 1. The van der Waals surface area contributed by atoms with Crippen LogP contribution in [0.1, 0.15) is 5.56 Å². The van der Waals surface area contributed by atoms with E-state index in [0.717, 1.165) is 0 Å². The molecule has 0 spiro atoms. The fourth-order valence-electron chi connectivity index (χ4n) is 1.89. The van der Waals surface area contributed by atoms with E-state index in [0.29, 0.717) is 11.3 Å². The Balaban J connectivity index is 2.14. The Bertz CT molecular complexity index is 586. The summed E-state index contributed by atoms with van der Waals surface area (Å²) in [5, 5.41) is 16.4. The van der Waals surface area contributed by atoms with Crippen LogP contribution < -0.4 is 16.4 Å². The van der Waals surface area contributed by atoms with Gasteiger partial charge in [0.05, 0.1) is 11.3 Å². The number of nitro groups is 1. The number of nitrogens with one attached hydrogen (secondary N) is 2. The van der Waals surface area contributed by atoms with E-state index in [9.17, 15) is 19.7 Å². The highest BCUT2D eigenvalue weighted by Gasteiger charge is 2.24. The number of amides is 2. The van der Waals surface area contributed by atoms with E-state index < -0.39 is 11.0 Å². The van der Waals surface area contributed by atoms with Crippen molar-refractivity contribution < 1.29 is 19.2 Å². The van der Waals surface area contributed by atoms with Crippen LogP contribution in [0.2, 0.25) is 0 Å². The number of carbonyl (C=O) groups excluding carboxylic acids is 2. The molecule has 1 heterocycles. The lowest BCUT2D eigenvalue weighted by atomic mass is 10.1. The second kappa shape index (κ2) is 5.43. The van der Waals surface area contributed by atoms with Gasteiger partial charge in [-0.2, -0.15) is 0 Å². The Hall–Kier alpha value is -2.84. The Morgan fingerprint density at radius 2 is 2.30 bits per heavy atom. The van der Waals surface area contributed by atoms with Crippen molar-refractivity contribution in [2.75, 3.05) is 23.8 Å². The topological polar surface area (TPSA) is 137 Å². The van der Waals surface area contributed by atoms with E-state index in [1.807, 2.05) is 0 Å². The number of benzene rings is 1. The maximum Gasteiger partial charge on any atom is 0.404 e. The summed E-state index contributed by atoms with van der Waals surface area (Å²) in [6.45, 7) is 0.145. The van der Waals surface area contributed by atoms with Gasteiger partial charge in [-0.1, -0.05) is 0 Å². The highest BCUT2D eigenvalue weighted by atomic mass is 16.6. The van der Waals surface area contributed by atoms with Gasteiger partial charge in [0.2, 0.25) is 5.91 Å². The second-order valence-corrected chi connectivity index (χ2v) is 4.10. The molecule has 1 aliphatic rings. The van der Waals surface area contributed by atoms with Crippen LogP contribution in [-0.2, 0) is 16.0 Å². The van der Waals surface area contributed by atoms with E-state index in [2.05, 4.69) is 15.4 Å². The molecule has 1 aliphatic heterocycles. The summed E-state index contributed by atoms with van der Waals surface area (Å²) in [6, 6.07) is 2.84. The number of fused-ring (bicyclic) bond motifs is 1. The summed E-state index contributed by atoms with van der Waals surface area (Å²) in [7, 11) is 0. The number of ether oxygens (including phenoxy) is 1. The fourth-order valence-corrected chi connectivity index (χ4v) is 1.89. The van der Waals surface area contributed by atoms with Crippen LogP contribution in [0.3, 0.4) is 0 Å². The molecule has 4 N–H and O–H groups in total. The number of carbonyl (C=O) groups is 2. The number of nitrogens with two attached hydrogens (primary N) is 1. The zero-order chi connectivity index (χ0) is 14.7. The molecule has 0 saturated heterocycles. The van der Waals surface area contributed by atoms with Gasteiger partial charge in [-0.3, -0.25) is 14.9 Å². The summed E-state index contributed by atoms with van der Waals surface area (Å²) in [6.07, 6.45) is -0.788. The van der Waals surface area contributed by atoms with Crippen molar-refractivity contribution in [2.24, 2.45) is 5.73 Å². The Kier molecular flexibility index (Phi) is 3.69. The number of nitrogens with zero attached hydrogens (tertiary/aromatic N) is 1. The molecule has 0 fully saturated rings. The lowest BCUT2D eigenvalue weighted by molar-refractivity contribution is -0.384. The minimum Gasteiger partial charge on any atom is -0.448 e. The molecule has 106 valence electrons. The molecule has 1 aromatic carbocycles. The third-order valence-electron chi connectivity index (χ3n) is 2.71. The van der Waals surface area contributed by atoms with Crippen molar-refractivity contribution in [1.29, 1.82) is 0 Å². The lowest BCUT2D eigenvalue weighted by Crippen LogP contribution is -2.18. The zero-order valence-electron chi connectivity index (χ0n) is 10.3. The third-order valence-corrected chi connectivity index (χ3v) is 2.71. The van der Waals surface area contributed by atoms with Crippen molar-refractivity contribution in [1.82, 2.24) is 0 Å². The van der Waals surface area contributed by atoms with E-state index >= 15 is 0 Å². The zero-order valence-corrected chi connectivity index (χ0v) is 10.3. The van der Waals surface area contributed by atoms with E-state index in [-0.39, 0.29) is 36.9 Å². The van der Waals surface area contributed by atoms with Crippen molar-refractivity contribution in [3.63, 3.8) is 0 Å². The number of hydrogen-bond donors (Lipinski definition) is 3. The number of primary amides is 1. The first-order valence-corrected chi connectivity index (χ1v) is 5.74. The second-order valence-electron chi connectivity index (χ2n) is 4.10. The van der Waals surface area contributed by atoms with Gasteiger partial charge in [-0.05, 0) is 11.6 Å². The van der Waals surface area contributed by atoms with E-state index in [1.165, 1.54) is 12.1 Å². The molecule has 2 amide bonds. The van der Waals surface area contributed by atoms with Crippen molar-refractivity contribution in [3.8, 4) is 0 Å². The Morgan fingerprint density at radius 3 is 2.95 bits per heavy atom. The molecule has 0 radical (unpaired) electrons. The molecule has 2 rings (SSSR count). The predicted octanol–water partition coefficient (Wildman–Crippen LogP) is 0.597. The minimum atomic E-state index is -0.914. The molecule has 0 atom stereocenters. The molecular weight excluding hydrogens is 268 g/mol. The van der Waals surface area contributed by atoms with Gasteiger partial charge in [-0.25, -0.2) is 4.79 Å². The molecule has 0 unspecified atom stereocenters. The molecule has 9 heteroatoms. The highest BCUT2D eigenvalue weighted by Crippen LogP contribution is 2.34. The van der Waals surface area contributed by atoms with Crippen molar-refractivity contribution >= 4 is 29.1 Å². The first-order valence-electron chi connectivity index (χ1n) is 5.74. The van der Waals surface area contributed by atoms with Crippen LogP contribution in [-0.4, -0.2) is 30.1 Å². The summed E-state index contributed by atoms with van der Waals surface area (Å²) in [5.74, 6) is -0.205. The quantitative estimate of drug-likeness (QED) is 0.410. The molecule has 9 nitrogen and oxygen atoms in total. The van der Waals surface area contributed by atoms with Gasteiger partial charge in [0, 0.05) is 18.3 Å². The van der Waals surface area contributed by atoms with Gasteiger partial charge < -0.3 is 21.1 Å². The highest BCUT2D eigenvalue weighted by molar-refractivity contribution is 6.00. The van der Waals surface area contributed by atoms with Crippen molar-refractivity contribution in [2.45, 2.75) is 6.42 Å². The molecule has 1 aromatic rings. The normalized spacial score (nSPS) is 12.5. The summed E-state index contributed by atoms with van der Waals surface area (Å²) < 4.78 is 4.51. The molecular formula is C11H12N4O5. The minimum absolute atomic E-state index is 0.0179. The van der Waals surface area contributed by atoms with Crippen LogP contribution in [0.25, 0.3) is 0 Å². The van der Waals surface area contributed by atoms with E-state index in [4.69, 9.17) is 5.73 Å². The maximum absolute atomic E-state index is 11.3. The first-order chi connectivity index (χ1) is 9.47. The maximum atomic E-state index is 11.3. The summed E-state index contributed by atoms with van der Waals surface area (Å²) in [4.78, 5) is 32.1. The van der Waals surface area contributed by atoms with Crippen LogP contribution in [0.4, 0.5) is 21.9 Å². The lowest BCUT2D eigenvalue weighted by Gasteiger charge is -2.09. The predicted molar refractivity (Wildman–Crippen MR) is 69.5 cm³/mol. The summed E-state index contributed by atoms with van der Waals surface area (Å²) in [5.41, 5.74) is 6.02. The van der Waals surface area contributed by atoms with Gasteiger partial charge >= 0.3 is 6.09 Å². The smallest absolute Gasteiger partial charge is 0.404 e. The third kappa shape index (κ3) is 2.94. The number of anilines is 2. The average molecular weight is 280 g/mol. The largest absolute Gasteiger partial charge is 0.448 e. The van der Waals surface area contributed by atoms with Crippen LogP contribution in [0, 0.1) is 10.1 Å². The van der Waals surface area contributed by atoms with E-state index in [1.54, 1.807) is 0 Å². The van der Waals surface area contributed by atoms with Gasteiger partial charge in [0.25, 0.3) is 5.69 Å². The number of hydrogen-bond acceptors (Lipinski definition) is 6. The average Bonchev–Trinajstić information content (AvgIpc) is 2.72. The molecule has 0 saturated carbocycles. The van der Waals surface area contributed by atoms with Crippen LogP contribution in [0.15, 0.2) is 12.1 Å². The number of rotatable bonds is 5. The molecule has 0 aromatic heterocycles. The van der Waals surface area contributed by atoms with Gasteiger partial charge in [-0.15, -0.1) is 0 Å². The van der Waals surface area contributed by atoms with Gasteiger partial charge in [0.1, 0.15) is 12.3 Å². The molecule has 0 aliphatic carbocycles. The SMILES string of the molecule is NC(=O)OCCNc1cc2c(cc1[N+](=O)[O-])CC(=O)N2. The molecule has 20 heavy (non-hydrogen) atoms. The van der Waals surface area contributed by atoms with Gasteiger partial charge in [0.15, 0.2) is 0 Å². The van der Waals surface area contributed by atoms with Crippen LogP contribution >= 0.6 is 0 Å².